The van der Waals surface area contributed by atoms with Gasteiger partial charge in [-0.1, -0.05) is 12.8 Å². The standard InChI is InChI=1S/C21H35N5OS.HI/c1-3-22-21(24-16-19-17(2)8-15-28-19)23-9-10-25-11-13-26(14-12-25)20(27)18-6-4-5-7-18;/h8,15,18H,3-7,9-14,16H2,1-2H3,(H2,22,23,24);1H. The van der Waals surface area contributed by atoms with Crippen LogP contribution in [0, 0.1) is 12.8 Å². The largest absolute Gasteiger partial charge is 0.357 e. The molecule has 29 heavy (non-hydrogen) atoms. The van der Waals surface area contributed by atoms with Crippen molar-refractivity contribution >= 4 is 47.2 Å². The molecule has 2 heterocycles. The fourth-order valence-corrected chi connectivity index (χ4v) is 4.84. The van der Waals surface area contributed by atoms with E-state index in [1.165, 1.54) is 23.3 Å². The Hall–Kier alpha value is -0.870. The quantitative estimate of drug-likeness (QED) is 0.322. The Morgan fingerprint density at radius 3 is 2.55 bits per heavy atom. The average molecular weight is 534 g/mol. The molecule has 1 saturated carbocycles. The number of aliphatic imine (C=N–C) groups is 1. The molecule has 1 aliphatic heterocycles. The van der Waals surface area contributed by atoms with Gasteiger partial charge in [-0.15, -0.1) is 35.3 Å². The van der Waals surface area contributed by atoms with Crippen LogP contribution < -0.4 is 10.6 Å². The lowest BCUT2D eigenvalue weighted by Crippen LogP contribution is -2.51. The molecule has 0 unspecified atom stereocenters. The van der Waals surface area contributed by atoms with Gasteiger partial charge in [0.1, 0.15) is 0 Å². The minimum absolute atomic E-state index is 0. The highest BCUT2D eigenvalue weighted by Crippen LogP contribution is 2.26. The highest BCUT2D eigenvalue weighted by Gasteiger charge is 2.29. The predicted octanol–water partition coefficient (Wildman–Crippen LogP) is 3.06. The van der Waals surface area contributed by atoms with Gasteiger partial charge in [0.25, 0.3) is 0 Å². The van der Waals surface area contributed by atoms with Gasteiger partial charge in [-0.2, -0.15) is 0 Å². The maximum atomic E-state index is 12.5. The summed E-state index contributed by atoms with van der Waals surface area (Å²) in [6.45, 7) is 11.4. The lowest BCUT2D eigenvalue weighted by molar-refractivity contribution is -0.137. The molecule has 2 N–H and O–H groups in total. The molecule has 1 amide bonds. The minimum Gasteiger partial charge on any atom is -0.357 e. The van der Waals surface area contributed by atoms with E-state index in [2.05, 4.69) is 45.7 Å². The molecular weight excluding hydrogens is 497 g/mol. The molecule has 1 aliphatic carbocycles. The van der Waals surface area contributed by atoms with E-state index in [0.717, 1.165) is 71.2 Å². The monoisotopic (exact) mass is 533 g/mol. The van der Waals surface area contributed by atoms with Crippen molar-refractivity contribution in [3.63, 3.8) is 0 Å². The van der Waals surface area contributed by atoms with E-state index in [1.54, 1.807) is 11.3 Å². The maximum absolute atomic E-state index is 12.5. The van der Waals surface area contributed by atoms with Gasteiger partial charge in [-0.3, -0.25) is 9.69 Å². The Kier molecular flexibility index (Phi) is 10.7. The van der Waals surface area contributed by atoms with Crippen molar-refractivity contribution in [3.05, 3.63) is 21.9 Å². The second-order valence-corrected chi connectivity index (χ2v) is 8.80. The lowest BCUT2D eigenvalue weighted by atomic mass is 10.1. The number of guanidine groups is 1. The highest BCUT2D eigenvalue weighted by atomic mass is 127. The Morgan fingerprint density at radius 1 is 1.21 bits per heavy atom. The molecule has 6 nitrogen and oxygen atoms in total. The zero-order valence-corrected chi connectivity index (χ0v) is 20.9. The zero-order chi connectivity index (χ0) is 19.8. The summed E-state index contributed by atoms with van der Waals surface area (Å²) in [5.41, 5.74) is 1.31. The van der Waals surface area contributed by atoms with Gasteiger partial charge in [0.2, 0.25) is 5.91 Å². The third kappa shape index (κ3) is 7.40. The number of halogens is 1. The lowest BCUT2D eigenvalue weighted by Gasteiger charge is -2.36. The molecule has 0 aromatic carbocycles. The van der Waals surface area contributed by atoms with Gasteiger partial charge in [0.05, 0.1) is 6.54 Å². The first-order chi connectivity index (χ1) is 13.7. The van der Waals surface area contributed by atoms with Crippen molar-refractivity contribution in [2.75, 3.05) is 45.8 Å². The van der Waals surface area contributed by atoms with Crippen molar-refractivity contribution in [2.24, 2.45) is 10.9 Å². The molecule has 2 aliphatic rings. The van der Waals surface area contributed by atoms with E-state index in [4.69, 9.17) is 4.99 Å². The summed E-state index contributed by atoms with van der Waals surface area (Å²) in [6, 6.07) is 2.15. The van der Waals surface area contributed by atoms with E-state index in [0.29, 0.717) is 11.8 Å². The number of amides is 1. The highest BCUT2D eigenvalue weighted by molar-refractivity contribution is 14.0. The molecule has 1 aromatic heterocycles. The normalized spacial score (nSPS) is 18.6. The molecule has 0 bridgehead atoms. The van der Waals surface area contributed by atoms with Crippen LogP contribution in [0.25, 0.3) is 0 Å². The number of nitrogens with zero attached hydrogens (tertiary/aromatic N) is 3. The van der Waals surface area contributed by atoms with Crippen LogP contribution in [0.5, 0.6) is 0 Å². The maximum Gasteiger partial charge on any atom is 0.225 e. The summed E-state index contributed by atoms with van der Waals surface area (Å²) in [5.74, 6) is 1.59. The van der Waals surface area contributed by atoms with Crippen molar-refractivity contribution in [1.29, 1.82) is 0 Å². The molecule has 0 spiro atoms. The van der Waals surface area contributed by atoms with Crippen LogP contribution in [0.2, 0.25) is 0 Å². The molecule has 1 saturated heterocycles. The summed E-state index contributed by atoms with van der Waals surface area (Å²) in [6.07, 6.45) is 4.65. The summed E-state index contributed by atoms with van der Waals surface area (Å²) in [7, 11) is 0. The van der Waals surface area contributed by atoms with E-state index in [9.17, 15) is 4.79 Å². The number of piperazine rings is 1. The molecule has 164 valence electrons. The van der Waals surface area contributed by atoms with Crippen LogP contribution in [0.3, 0.4) is 0 Å². The number of hydrogen-bond acceptors (Lipinski definition) is 4. The second-order valence-electron chi connectivity index (χ2n) is 7.80. The Labute approximate surface area is 196 Å². The first-order valence-electron chi connectivity index (χ1n) is 10.7. The predicted molar refractivity (Wildman–Crippen MR) is 132 cm³/mol. The summed E-state index contributed by atoms with van der Waals surface area (Å²) >= 11 is 1.76. The summed E-state index contributed by atoms with van der Waals surface area (Å²) in [5, 5.41) is 8.90. The fraction of sp³-hybridized carbons (Fsp3) is 0.714. The van der Waals surface area contributed by atoms with Crippen LogP contribution in [0.1, 0.15) is 43.0 Å². The van der Waals surface area contributed by atoms with E-state index in [1.807, 2.05) is 0 Å². The molecule has 0 atom stereocenters. The van der Waals surface area contributed by atoms with Crippen molar-refractivity contribution in [2.45, 2.75) is 46.1 Å². The molecule has 0 radical (unpaired) electrons. The van der Waals surface area contributed by atoms with Gasteiger partial charge >= 0.3 is 0 Å². The van der Waals surface area contributed by atoms with Crippen molar-refractivity contribution < 1.29 is 4.79 Å². The van der Waals surface area contributed by atoms with Crippen molar-refractivity contribution in [1.82, 2.24) is 20.4 Å². The topological polar surface area (TPSA) is 60.0 Å². The van der Waals surface area contributed by atoms with Gasteiger partial charge in [-0.25, -0.2) is 4.99 Å². The molecule has 1 aromatic rings. The molecular formula is C21H36IN5OS. The second kappa shape index (κ2) is 12.7. The van der Waals surface area contributed by atoms with Crippen LogP contribution >= 0.6 is 35.3 Å². The Morgan fingerprint density at radius 2 is 1.93 bits per heavy atom. The number of hydrogen-bond donors (Lipinski definition) is 2. The average Bonchev–Trinajstić information content (AvgIpc) is 3.38. The van der Waals surface area contributed by atoms with E-state index in [-0.39, 0.29) is 24.0 Å². The zero-order valence-electron chi connectivity index (χ0n) is 17.8. The van der Waals surface area contributed by atoms with Crippen LogP contribution in [-0.2, 0) is 11.3 Å². The Bertz CT molecular complexity index is 651. The number of thiophene rings is 1. The van der Waals surface area contributed by atoms with Crippen molar-refractivity contribution in [3.8, 4) is 0 Å². The van der Waals surface area contributed by atoms with E-state index < -0.39 is 0 Å². The van der Waals surface area contributed by atoms with Gasteiger partial charge in [0, 0.05) is 56.6 Å². The number of aryl methyl sites for hydroxylation is 1. The number of nitrogens with one attached hydrogen (secondary N) is 2. The van der Waals surface area contributed by atoms with Crippen LogP contribution in [0.4, 0.5) is 0 Å². The summed E-state index contributed by atoms with van der Waals surface area (Å²) in [4.78, 5) is 23.1. The Balaban J connectivity index is 0.00000300. The van der Waals surface area contributed by atoms with Gasteiger partial charge < -0.3 is 15.5 Å². The summed E-state index contributed by atoms with van der Waals surface area (Å²) < 4.78 is 0. The van der Waals surface area contributed by atoms with Gasteiger partial charge in [0.15, 0.2) is 5.96 Å². The first-order valence-corrected chi connectivity index (χ1v) is 11.6. The fourth-order valence-electron chi connectivity index (χ4n) is 4.01. The number of rotatable bonds is 7. The third-order valence-corrected chi connectivity index (χ3v) is 6.81. The number of carbonyl (C=O) groups is 1. The smallest absolute Gasteiger partial charge is 0.225 e. The minimum atomic E-state index is 0. The third-order valence-electron chi connectivity index (χ3n) is 5.80. The van der Waals surface area contributed by atoms with E-state index >= 15 is 0 Å². The SMILES string of the molecule is CCNC(=NCc1sccc1C)NCCN1CCN(C(=O)C2CCCC2)CC1.I. The van der Waals surface area contributed by atoms with Gasteiger partial charge in [-0.05, 0) is 43.7 Å². The molecule has 2 fully saturated rings. The molecule has 3 rings (SSSR count). The number of carbonyl (C=O) groups excluding carboxylic acids is 1. The molecule has 8 heteroatoms. The first kappa shape index (κ1) is 24.4. The van der Waals surface area contributed by atoms with Crippen LogP contribution in [0.15, 0.2) is 16.4 Å². The van der Waals surface area contributed by atoms with Crippen LogP contribution in [-0.4, -0.2) is 67.5 Å².